The third-order valence-corrected chi connectivity index (χ3v) is 8.08. The number of hydrogen-bond donors (Lipinski definition) is 3. The highest BCUT2D eigenvalue weighted by Gasteiger charge is 2.41. The highest BCUT2D eigenvalue weighted by Crippen LogP contribution is 2.47. The summed E-state index contributed by atoms with van der Waals surface area (Å²) in [5.41, 5.74) is 4.91. The molecule has 3 N–H and O–H groups in total. The van der Waals surface area contributed by atoms with Crippen molar-refractivity contribution < 1.29 is 19.4 Å². The Labute approximate surface area is 245 Å². The zero-order chi connectivity index (χ0) is 28.4. The Kier molecular flexibility index (Phi) is 10.0. The summed E-state index contributed by atoms with van der Waals surface area (Å²) in [6, 6.07) is 32.0. The number of urea groups is 1. The first-order chi connectivity index (χ1) is 20.1. The molecule has 1 fully saturated rings. The lowest BCUT2D eigenvalue weighted by Crippen LogP contribution is -2.38. The van der Waals surface area contributed by atoms with Crippen molar-refractivity contribution in [3.05, 3.63) is 131 Å². The molecule has 8 heteroatoms. The molecule has 7 nitrogen and oxygen atoms in total. The van der Waals surface area contributed by atoms with Crippen molar-refractivity contribution in [3.63, 3.8) is 0 Å². The fourth-order valence-corrected chi connectivity index (χ4v) is 5.88. The van der Waals surface area contributed by atoms with Gasteiger partial charge in [0.05, 0.1) is 23.8 Å². The van der Waals surface area contributed by atoms with Crippen LogP contribution in [0.15, 0.2) is 108 Å². The summed E-state index contributed by atoms with van der Waals surface area (Å²) in [5.74, 6) is 0.625. The Hall–Kier alpha value is -3.69. The molecule has 2 heterocycles. The number of pyridine rings is 1. The standard InChI is InChI=1S/C33H35N3O4S/c1-2-34-33(38)36-20-23-11-17-27(18-12-23)32-39-28(22-41-29-10-6-7-19-35-29)30(25-8-4-3-5-9-25)31(40-32)26-15-13-24(21-37)14-16-26/h3-19,28,30-32,37H,2,20-22H2,1H3,(H2,34,36,38)/t28-,30-,31+,32?/m1/s1. The molecule has 0 spiro atoms. The number of benzene rings is 3. The van der Waals surface area contributed by atoms with Crippen molar-refractivity contribution >= 4 is 17.8 Å². The van der Waals surface area contributed by atoms with Crippen LogP contribution in [0.5, 0.6) is 0 Å². The van der Waals surface area contributed by atoms with Gasteiger partial charge >= 0.3 is 6.03 Å². The van der Waals surface area contributed by atoms with E-state index in [1.54, 1.807) is 18.0 Å². The van der Waals surface area contributed by atoms with Crippen LogP contribution in [0.2, 0.25) is 0 Å². The van der Waals surface area contributed by atoms with Gasteiger partial charge in [-0.3, -0.25) is 0 Å². The highest BCUT2D eigenvalue weighted by atomic mass is 32.2. The predicted molar refractivity (Wildman–Crippen MR) is 160 cm³/mol. The van der Waals surface area contributed by atoms with E-state index in [1.807, 2.05) is 91.9 Å². The van der Waals surface area contributed by atoms with Gasteiger partial charge in [0.25, 0.3) is 0 Å². The fourth-order valence-electron chi connectivity index (χ4n) is 4.95. The number of aliphatic hydroxyl groups excluding tert-OH is 1. The first kappa shape index (κ1) is 28.8. The van der Waals surface area contributed by atoms with Crippen LogP contribution in [-0.4, -0.2) is 34.5 Å². The maximum Gasteiger partial charge on any atom is 0.315 e. The van der Waals surface area contributed by atoms with Crippen molar-refractivity contribution in [3.8, 4) is 0 Å². The minimum atomic E-state index is -0.586. The van der Waals surface area contributed by atoms with E-state index < -0.39 is 6.29 Å². The monoisotopic (exact) mass is 569 g/mol. The molecule has 1 unspecified atom stereocenters. The molecule has 41 heavy (non-hydrogen) atoms. The Morgan fingerprint density at radius 3 is 2.22 bits per heavy atom. The van der Waals surface area contributed by atoms with Gasteiger partial charge < -0.3 is 25.2 Å². The predicted octanol–water partition coefficient (Wildman–Crippen LogP) is 6.12. The van der Waals surface area contributed by atoms with Crippen molar-refractivity contribution in [1.29, 1.82) is 0 Å². The van der Waals surface area contributed by atoms with Gasteiger partial charge in [0.1, 0.15) is 0 Å². The number of carbonyl (C=O) groups is 1. The SMILES string of the molecule is CCNC(=O)NCc1ccc(C2O[C@H](CSc3ccccn3)[C@@H](c3ccccc3)[C@H](c3ccc(CO)cc3)O2)cc1. The van der Waals surface area contributed by atoms with Gasteiger partial charge in [0, 0.05) is 36.5 Å². The van der Waals surface area contributed by atoms with Crippen LogP contribution < -0.4 is 10.6 Å². The molecule has 0 bridgehead atoms. The third-order valence-electron chi connectivity index (χ3n) is 7.05. The van der Waals surface area contributed by atoms with Gasteiger partial charge in [-0.25, -0.2) is 9.78 Å². The van der Waals surface area contributed by atoms with Crippen LogP contribution in [0.3, 0.4) is 0 Å². The minimum Gasteiger partial charge on any atom is -0.392 e. The molecular weight excluding hydrogens is 534 g/mol. The number of hydrogen-bond acceptors (Lipinski definition) is 6. The molecule has 0 aliphatic carbocycles. The number of aromatic nitrogens is 1. The van der Waals surface area contributed by atoms with Gasteiger partial charge in [0.15, 0.2) is 6.29 Å². The molecular formula is C33H35N3O4S. The van der Waals surface area contributed by atoms with Crippen LogP contribution in [0, 0.1) is 0 Å². The molecule has 1 aromatic heterocycles. The zero-order valence-corrected chi connectivity index (χ0v) is 23.8. The van der Waals surface area contributed by atoms with E-state index in [0.717, 1.165) is 32.8 Å². The molecule has 1 aliphatic rings. The molecule has 212 valence electrons. The summed E-state index contributed by atoms with van der Waals surface area (Å²) in [6.45, 7) is 2.88. The lowest BCUT2D eigenvalue weighted by molar-refractivity contribution is -0.255. The number of aliphatic hydroxyl groups is 1. The van der Waals surface area contributed by atoms with Crippen molar-refractivity contribution in [2.75, 3.05) is 12.3 Å². The van der Waals surface area contributed by atoms with E-state index in [-0.39, 0.29) is 30.8 Å². The number of ether oxygens (including phenoxy) is 2. The Morgan fingerprint density at radius 2 is 1.54 bits per heavy atom. The first-order valence-corrected chi connectivity index (χ1v) is 14.8. The average Bonchev–Trinajstić information content (AvgIpc) is 3.03. The number of carbonyl (C=O) groups excluding carboxylic acids is 1. The number of thioether (sulfide) groups is 1. The molecule has 0 radical (unpaired) electrons. The largest absolute Gasteiger partial charge is 0.392 e. The summed E-state index contributed by atoms with van der Waals surface area (Å²) >= 11 is 1.67. The second kappa shape index (κ2) is 14.3. The molecule has 5 rings (SSSR count). The zero-order valence-electron chi connectivity index (χ0n) is 23.0. The number of nitrogens with one attached hydrogen (secondary N) is 2. The quantitative estimate of drug-likeness (QED) is 0.199. The highest BCUT2D eigenvalue weighted by molar-refractivity contribution is 7.99. The van der Waals surface area contributed by atoms with E-state index in [2.05, 4.69) is 27.8 Å². The molecule has 4 aromatic rings. The van der Waals surface area contributed by atoms with Crippen LogP contribution >= 0.6 is 11.8 Å². The topological polar surface area (TPSA) is 92.7 Å². The summed E-state index contributed by atoms with van der Waals surface area (Å²) in [4.78, 5) is 16.3. The molecule has 0 saturated carbocycles. The number of rotatable bonds is 10. The minimum absolute atomic E-state index is 0.00962. The van der Waals surface area contributed by atoms with Crippen LogP contribution in [0.25, 0.3) is 0 Å². The summed E-state index contributed by atoms with van der Waals surface area (Å²) in [7, 11) is 0. The van der Waals surface area contributed by atoms with Gasteiger partial charge in [-0.15, -0.1) is 11.8 Å². The second-order valence-electron chi connectivity index (χ2n) is 9.83. The molecule has 2 amide bonds. The Morgan fingerprint density at radius 1 is 0.829 bits per heavy atom. The molecule has 1 saturated heterocycles. The van der Waals surface area contributed by atoms with Gasteiger partial charge in [-0.1, -0.05) is 84.9 Å². The molecule has 3 aromatic carbocycles. The van der Waals surface area contributed by atoms with E-state index in [4.69, 9.17) is 9.47 Å². The Balaban J connectivity index is 1.44. The molecule has 4 atom stereocenters. The Bertz CT molecular complexity index is 1370. The normalized spacial score (nSPS) is 20.3. The summed E-state index contributed by atoms with van der Waals surface area (Å²) in [5, 5.41) is 16.2. The smallest absolute Gasteiger partial charge is 0.315 e. The van der Waals surface area contributed by atoms with E-state index in [9.17, 15) is 9.90 Å². The van der Waals surface area contributed by atoms with Crippen LogP contribution in [0.4, 0.5) is 4.79 Å². The van der Waals surface area contributed by atoms with Crippen molar-refractivity contribution in [2.24, 2.45) is 0 Å². The van der Waals surface area contributed by atoms with Gasteiger partial charge in [0.2, 0.25) is 0 Å². The lowest BCUT2D eigenvalue weighted by Gasteiger charge is -2.43. The van der Waals surface area contributed by atoms with E-state index in [0.29, 0.717) is 18.8 Å². The molecule has 1 aliphatic heterocycles. The second-order valence-corrected chi connectivity index (χ2v) is 10.9. The number of nitrogens with zero attached hydrogens (tertiary/aromatic N) is 1. The van der Waals surface area contributed by atoms with E-state index >= 15 is 0 Å². The van der Waals surface area contributed by atoms with Crippen molar-refractivity contribution in [2.45, 2.75) is 49.5 Å². The van der Waals surface area contributed by atoms with Crippen LogP contribution in [0.1, 0.15) is 53.1 Å². The van der Waals surface area contributed by atoms with Gasteiger partial charge in [-0.2, -0.15) is 0 Å². The fraction of sp³-hybridized carbons (Fsp3) is 0.273. The number of amides is 2. The summed E-state index contributed by atoms with van der Waals surface area (Å²) in [6.07, 6.45) is 0.762. The van der Waals surface area contributed by atoms with Gasteiger partial charge in [-0.05, 0) is 41.3 Å². The third kappa shape index (κ3) is 7.54. The maximum atomic E-state index is 11.8. The van der Waals surface area contributed by atoms with Crippen LogP contribution in [-0.2, 0) is 22.6 Å². The average molecular weight is 570 g/mol. The van der Waals surface area contributed by atoms with Crippen molar-refractivity contribution in [1.82, 2.24) is 15.6 Å². The maximum absolute atomic E-state index is 11.8. The first-order valence-electron chi connectivity index (χ1n) is 13.8. The van der Waals surface area contributed by atoms with E-state index in [1.165, 1.54) is 0 Å². The summed E-state index contributed by atoms with van der Waals surface area (Å²) < 4.78 is 13.5. The lowest BCUT2D eigenvalue weighted by atomic mass is 9.84.